The molecule has 4 rings (SSSR count). The van der Waals surface area contributed by atoms with Crippen LogP contribution >= 0.6 is 0 Å². The SMILES string of the molecule is O=C(NC1(C(=O)NCCNc2ccc(OC3CCOCC3)cc2)CCCCC1)OCc1ccccc1. The van der Waals surface area contributed by atoms with Gasteiger partial charge in [0.1, 0.15) is 24.0 Å². The lowest BCUT2D eigenvalue weighted by Gasteiger charge is -2.36. The molecule has 0 unspecified atom stereocenters. The summed E-state index contributed by atoms with van der Waals surface area (Å²) < 4.78 is 16.8. The Hall–Kier alpha value is -3.26. The predicted octanol–water partition coefficient (Wildman–Crippen LogP) is 4.40. The van der Waals surface area contributed by atoms with Crippen molar-refractivity contribution in [3.8, 4) is 5.75 Å². The van der Waals surface area contributed by atoms with Gasteiger partial charge in [0.2, 0.25) is 5.91 Å². The molecule has 2 aliphatic rings. The summed E-state index contributed by atoms with van der Waals surface area (Å²) in [4.78, 5) is 25.7. The molecule has 0 radical (unpaired) electrons. The third-order valence-electron chi connectivity index (χ3n) is 6.76. The Balaban J connectivity index is 1.21. The zero-order valence-corrected chi connectivity index (χ0v) is 20.8. The highest BCUT2D eigenvalue weighted by atomic mass is 16.5. The average Bonchev–Trinajstić information content (AvgIpc) is 2.92. The van der Waals surface area contributed by atoms with E-state index in [9.17, 15) is 9.59 Å². The number of carbonyl (C=O) groups excluding carboxylic acids is 2. The van der Waals surface area contributed by atoms with Crippen LogP contribution in [-0.4, -0.2) is 49.9 Å². The van der Waals surface area contributed by atoms with Gasteiger partial charge in [-0.2, -0.15) is 0 Å². The summed E-state index contributed by atoms with van der Waals surface area (Å²) in [6, 6.07) is 17.4. The molecule has 36 heavy (non-hydrogen) atoms. The first kappa shape index (κ1) is 25.8. The van der Waals surface area contributed by atoms with Crippen molar-refractivity contribution in [2.45, 2.75) is 63.2 Å². The van der Waals surface area contributed by atoms with E-state index < -0.39 is 11.6 Å². The molecular formula is C28H37N3O5. The van der Waals surface area contributed by atoms with E-state index in [4.69, 9.17) is 14.2 Å². The first-order chi connectivity index (χ1) is 17.6. The van der Waals surface area contributed by atoms with Gasteiger partial charge >= 0.3 is 6.09 Å². The van der Waals surface area contributed by atoms with Crippen LogP contribution in [0.2, 0.25) is 0 Å². The van der Waals surface area contributed by atoms with E-state index in [1.807, 2.05) is 54.6 Å². The molecule has 1 aliphatic carbocycles. The van der Waals surface area contributed by atoms with Crippen molar-refractivity contribution in [2.24, 2.45) is 0 Å². The zero-order valence-electron chi connectivity index (χ0n) is 20.8. The second-order valence-electron chi connectivity index (χ2n) is 9.47. The van der Waals surface area contributed by atoms with Crippen molar-refractivity contribution >= 4 is 17.7 Å². The molecule has 0 bridgehead atoms. The van der Waals surface area contributed by atoms with E-state index in [0.717, 1.165) is 62.3 Å². The molecular weight excluding hydrogens is 458 g/mol. The number of nitrogens with one attached hydrogen (secondary N) is 3. The molecule has 1 heterocycles. The molecule has 8 nitrogen and oxygen atoms in total. The summed E-state index contributed by atoms with van der Waals surface area (Å²) in [5, 5.41) is 9.21. The Bertz CT molecular complexity index is 955. The van der Waals surface area contributed by atoms with E-state index in [-0.39, 0.29) is 18.6 Å². The average molecular weight is 496 g/mol. The maximum absolute atomic E-state index is 13.1. The van der Waals surface area contributed by atoms with E-state index in [2.05, 4.69) is 16.0 Å². The molecule has 0 atom stereocenters. The van der Waals surface area contributed by atoms with E-state index in [0.29, 0.717) is 25.9 Å². The summed E-state index contributed by atoms with van der Waals surface area (Å²) in [7, 11) is 0. The molecule has 2 aromatic rings. The summed E-state index contributed by atoms with van der Waals surface area (Å²) in [5.41, 5.74) is 0.942. The molecule has 2 fully saturated rings. The van der Waals surface area contributed by atoms with Gasteiger partial charge in [0.05, 0.1) is 13.2 Å². The smallest absolute Gasteiger partial charge is 0.408 e. The third-order valence-corrected chi connectivity index (χ3v) is 6.76. The van der Waals surface area contributed by atoms with Crippen molar-refractivity contribution in [3.63, 3.8) is 0 Å². The van der Waals surface area contributed by atoms with Gasteiger partial charge in [-0.1, -0.05) is 49.6 Å². The van der Waals surface area contributed by atoms with E-state index in [1.54, 1.807) is 0 Å². The number of rotatable bonds is 10. The van der Waals surface area contributed by atoms with Gasteiger partial charge in [-0.3, -0.25) is 4.79 Å². The van der Waals surface area contributed by atoms with Crippen LogP contribution in [0.1, 0.15) is 50.5 Å². The lowest BCUT2D eigenvalue weighted by Crippen LogP contribution is -2.60. The largest absolute Gasteiger partial charge is 0.490 e. The van der Waals surface area contributed by atoms with Gasteiger partial charge in [-0.05, 0) is 42.7 Å². The minimum atomic E-state index is -0.921. The van der Waals surface area contributed by atoms with Crippen LogP contribution in [0.4, 0.5) is 10.5 Å². The van der Waals surface area contributed by atoms with Gasteiger partial charge < -0.3 is 30.2 Å². The second-order valence-corrected chi connectivity index (χ2v) is 9.47. The van der Waals surface area contributed by atoms with Crippen molar-refractivity contribution in [1.29, 1.82) is 0 Å². The van der Waals surface area contributed by atoms with Gasteiger partial charge in [0.25, 0.3) is 0 Å². The number of benzene rings is 2. The Morgan fingerprint density at radius 3 is 2.36 bits per heavy atom. The highest BCUT2D eigenvalue weighted by Crippen LogP contribution is 2.29. The molecule has 2 aromatic carbocycles. The van der Waals surface area contributed by atoms with Crippen LogP contribution in [0.5, 0.6) is 5.75 Å². The van der Waals surface area contributed by atoms with Crippen molar-refractivity contribution in [2.75, 3.05) is 31.6 Å². The zero-order chi connectivity index (χ0) is 25.1. The molecule has 1 aliphatic heterocycles. The molecule has 1 saturated carbocycles. The molecule has 8 heteroatoms. The monoisotopic (exact) mass is 495 g/mol. The highest BCUT2D eigenvalue weighted by Gasteiger charge is 2.41. The van der Waals surface area contributed by atoms with Crippen LogP contribution in [0.25, 0.3) is 0 Å². The van der Waals surface area contributed by atoms with Crippen LogP contribution in [-0.2, 0) is 20.9 Å². The number of anilines is 1. The van der Waals surface area contributed by atoms with Crippen LogP contribution in [0.15, 0.2) is 54.6 Å². The Kier molecular flexibility index (Phi) is 9.44. The number of hydrogen-bond acceptors (Lipinski definition) is 6. The topological polar surface area (TPSA) is 97.9 Å². The summed E-state index contributed by atoms with van der Waals surface area (Å²) >= 11 is 0. The molecule has 2 amide bonds. The van der Waals surface area contributed by atoms with E-state index >= 15 is 0 Å². The fourth-order valence-corrected chi connectivity index (χ4v) is 4.71. The van der Waals surface area contributed by atoms with Gasteiger partial charge in [-0.25, -0.2) is 4.79 Å². The summed E-state index contributed by atoms with van der Waals surface area (Å²) in [6.07, 6.45) is 5.57. The number of hydrogen-bond donors (Lipinski definition) is 3. The number of ether oxygens (including phenoxy) is 3. The van der Waals surface area contributed by atoms with E-state index in [1.165, 1.54) is 0 Å². The van der Waals surface area contributed by atoms with Crippen LogP contribution in [0.3, 0.4) is 0 Å². The van der Waals surface area contributed by atoms with Gasteiger partial charge in [0.15, 0.2) is 0 Å². The minimum absolute atomic E-state index is 0.152. The Morgan fingerprint density at radius 2 is 1.64 bits per heavy atom. The van der Waals surface area contributed by atoms with Crippen molar-refractivity contribution in [3.05, 3.63) is 60.2 Å². The maximum Gasteiger partial charge on any atom is 0.408 e. The van der Waals surface area contributed by atoms with Crippen LogP contribution in [0, 0.1) is 0 Å². The fraction of sp³-hybridized carbons (Fsp3) is 0.500. The van der Waals surface area contributed by atoms with Gasteiger partial charge in [-0.15, -0.1) is 0 Å². The molecule has 0 aromatic heterocycles. The lowest BCUT2D eigenvalue weighted by molar-refractivity contribution is -0.128. The molecule has 0 spiro atoms. The van der Waals surface area contributed by atoms with Gasteiger partial charge in [0, 0.05) is 31.6 Å². The summed E-state index contributed by atoms with van der Waals surface area (Å²) in [6.45, 7) is 2.69. The first-order valence-electron chi connectivity index (χ1n) is 13.0. The second kappa shape index (κ2) is 13.2. The molecule has 1 saturated heterocycles. The molecule has 194 valence electrons. The number of amides is 2. The lowest BCUT2D eigenvalue weighted by atomic mass is 9.81. The standard InChI is InChI=1S/C28H37N3O5/c32-26(28(15-5-2-6-16-28)31-27(33)35-21-22-7-3-1-4-8-22)30-18-17-29-23-9-11-24(12-10-23)36-25-13-19-34-20-14-25/h1,3-4,7-12,25,29H,2,5-6,13-21H2,(H,30,32)(H,31,33). The summed E-state index contributed by atoms with van der Waals surface area (Å²) in [5.74, 6) is 0.700. The fourth-order valence-electron chi connectivity index (χ4n) is 4.71. The van der Waals surface area contributed by atoms with Crippen molar-refractivity contribution in [1.82, 2.24) is 10.6 Å². The third kappa shape index (κ3) is 7.62. The predicted molar refractivity (Wildman–Crippen MR) is 138 cm³/mol. The Morgan fingerprint density at radius 1 is 0.917 bits per heavy atom. The highest BCUT2D eigenvalue weighted by molar-refractivity contribution is 5.90. The first-order valence-corrected chi connectivity index (χ1v) is 13.0. The van der Waals surface area contributed by atoms with Crippen molar-refractivity contribution < 1.29 is 23.8 Å². The number of alkyl carbamates (subject to hydrolysis) is 1. The van der Waals surface area contributed by atoms with Crippen LogP contribution < -0.4 is 20.7 Å². The Labute approximate surface area is 213 Å². The molecule has 3 N–H and O–H groups in total. The maximum atomic E-state index is 13.1. The quantitative estimate of drug-likeness (QED) is 0.423. The normalized spacial score (nSPS) is 17.6. The minimum Gasteiger partial charge on any atom is -0.490 e. The number of carbonyl (C=O) groups is 2.